The minimum atomic E-state index is -0.724. The molecule has 0 fully saturated rings. The van der Waals surface area contributed by atoms with Crippen LogP contribution in [0.25, 0.3) is 0 Å². The van der Waals surface area contributed by atoms with E-state index >= 15 is 0 Å². The van der Waals surface area contributed by atoms with E-state index in [4.69, 9.17) is 9.84 Å². The lowest BCUT2D eigenvalue weighted by molar-refractivity contribution is 0.0484. The number of phenolic OH excluding ortho intramolecular Hbond substituents is 3. The Labute approximate surface area is 99.3 Å². The largest absolute Gasteiger partial charge is 0.504 e. The van der Waals surface area contributed by atoms with Gasteiger partial charge in [0.25, 0.3) is 0 Å². The third kappa shape index (κ3) is 3.27. The summed E-state index contributed by atoms with van der Waals surface area (Å²) in [6, 6.07) is 2.32. The molecule has 3 N–H and O–H groups in total. The lowest BCUT2D eigenvalue weighted by Gasteiger charge is -2.09. The number of benzene rings is 1. The summed E-state index contributed by atoms with van der Waals surface area (Å²) in [5.41, 5.74) is -0.163. The molecule has 0 aliphatic carbocycles. The number of hydrogen-bond acceptors (Lipinski definition) is 5. The van der Waals surface area contributed by atoms with E-state index in [2.05, 4.69) is 0 Å². The monoisotopic (exact) mass is 240 g/mol. The second kappa shape index (κ2) is 5.43. The van der Waals surface area contributed by atoms with E-state index < -0.39 is 23.2 Å². The molecule has 0 unspecified atom stereocenters. The maximum atomic E-state index is 11.5. The van der Waals surface area contributed by atoms with Gasteiger partial charge < -0.3 is 20.1 Å². The molecule has 0 amide bonds. The average molecular weight is 240 g/mol. The fourth-order valence-electron chi connectivity index (χ4n) is 1.20. The molecule has 5 nitrogen and oxygen atoms in total. The fraction of sp³-hybridized carbons (Fsp3) is 0.417. The van der Waals surface area contributed by atoms with Crippen LogP contribution in [0.3, 0.4) is 0 Å². The first-order chi connectivity index (χ1) is 7.93. The summed E-state index contributed by atoms with van der Waals surface area (Å²) in [7, 11) is 0. The third-order valence-corrected chi connectivity index (χ3v) is 2.28. The highest BCUT2D eigenvalue weighted by Gasteiger charge is 2.18. The summed E-state index contributed by atoms with van der Waals surface area (Å²) in [5.74, 6) is -2.19. The number of rotatable bonds is 4. The Hall–Kier alpha value is -1.91. The van der Waals surface area contributed by atoms with Crippen molar-refractivity contribution in [2.24, 2.45) is 5.92 Å². The molecular formula is C12H16O5. The van der Waals surface area contributed by atoms with Crippen molar-refractivity contribution in [1.82, 2.24) is 0 Å². The number of ether oxygens (including phenoxy) is 1. The summed E-state index contributed by atoms with van der Waals surface area (Å²) in [6.07, 6.45) is 0.719. The van der Waals surface area contributed by atoms with Gasteiger partial charge in [-0.1, -0.05) is 13.8 Å². The van der Waals surface area contributed by atoms with Crippen LogP contribution in [0.2, 0.25) is 0 Å². The molecule has 0 aliphatic heterocycles. The summed E-state index contributed by atoms with van der Waals surface area (Å²) < 4.78 is 4.92. The van der Waals surface area contributed by atoms with Gasteiger partial charge in [0, 0.05) is 0 Å². The van der Waals surface area contributed by atoms with Gasteiger partial charge >= 0.3 is 5.97 Å². The Morgan fingerprint density at radius 2 is 1.88 bits per heavy atom. The SMILES string of the molecule is CC(C)CCOC(=O)c1ccc(O)c(O)c1O. The molecule has 0 aliphatic rings. The normalized spacial score (nSPS) is 10.5. The number of phenols is 3. The minimum absolute atomic E-state index is 0.163. The Balaban J connectivity index is 2.73. The van der Waals surface area contributed by atoms with Crippen molar-refractivity contribution in [2.45, 2.75) is 20.3 Å². The minimum Gasteiger partial charge on any atom is -0.504 e. The van der Waals surface area contributed by atoms with Crippen LogP contribution in [0, 0.1) is 5.92 Å². The van der Waals surface area contributed by atoms with Crippen LogP contribution in [0.15, 0.2) is 12.1 Å². The number of esters is 1. The van der Waals surface area contributed by atoms with Gasteiger partial charge in [-0.3, -0.25) is 0 Å². The van der Waals surface area contributed by atoms with Crippen molar-refractivity contribution in [3.63, 3.8) is 0 Å². The van der Waals surface area contributed by atoms with E-state index in [-0.39, 0.29) is 12.2 Å². The van der Waals surface area contributed by atoms with Gasteiger partial charge in [-0.05, 0) is 24.5 Å². The van der Waals surface area contributed by atoms with Crippen molar-refractivity contribution in [2.75, 3.05) is 6.61 Å². The standard InChI is InChI=1S/C12H16O5/c1-7(2)5-6-17-12(16)8-3-4-9(13)11(15)10(8)14/h3-4,7,13-15H,5-6H2,1-2H3. The van der Waals surface area contributed by atoms with Crippen molar-refractivity contribution in [1.29, 1.82) is 0 Å². The van der Waals surface area contributed by atoms with Gasteiger partial charge in [0.05, 0.1) is 6.61 Å². The summed E-state index contributed by atoms with van der Waals surface area (Å²) in [6.45, 7) is 4.24. The lowest BCUT2D eigenvalue weighted by atomic mass is 10.1. The number of carbonyl (C=O) groups is 1. The van der Waals surface area contributed by atoms with Gasteiger partial charge in [0.1, 0.15) is 5.56 Å². The Morgan fingerprint density at radius 3 is 2.47 bits per heavy atom. The highest BCUT2D eigenvalue weighted by atomic mass is 16.5. The zero-order valence-corrected chi connectivity index (χ0v) is 9.80. The Bertz CT molecular complexity index is 412. The zero-order chi connectivity index (χ0) is 13.0. The molecule has 0 bridgehead atoms. The molecule has 0 atom stereocenters. The first-order valence-corrected chi connectivity index (χ1v) is 5.34. The summed E-state index contributed by atoms with van der Waals surface area (Å²) in [4.78, 5) is 11.5. The van der Waals surface area contributed by atoms with Crippen LogP contribution >= 0.6 is 0 Å². The van der Waals surface area contributed by atoms with Gasteiger partial charge in [0.2, 0.25) is 5.75 Å². The fourth-order valence-corrected chi connectivity index (χ4v) is 1.20. The molecule has 0 spiro atoms. The van der Waals surface area contributed by atoms with Gasteiger partial charge in [0.15, 0.2) is 11.5 Å². The topological polar surface area (TPSA) is 87.0 Å². The van der Waals surface area contributed by atoms with Crippen LogP contribution in [-0.4, -0.2) is 27.9 Å². The third-order valence-electron chi connectivity index (χ3n) is 2.28. The van der Waals surface area contributed by atoms with Crippen LogP contribution in [0.1, 0.15) is 30.6 Å². The van der Waals surface area contributed by atoms with E-state index in [1.165, 1.54) is 6.07 Å². The lowest BCUT2D eigenvalue weighted by Crippen LogP contribution is -2.08. The highest BCUT2D eigenvalue weighted by Crippen LogP contribution is 2.37. The predicted molar refractivity (Wildman–Crippen MR) is 61.2 cm³/mol. The van der Waals surface area contributed by atoms with Crippen LogP contribution in [-0.2, 0) is 4.74 Å². The van der Waals surface area contributed by atoms with E-state index in [1.54, 1.807) is 0 Å². The molecule has 17 heavy (non-hydrogen) atoms. The van der Waals surface area contributed by atoms with Crippen molar-refractivity contribution in [3.8, 4) is 17.2 Å². The molecule has 1 aromatic rings. The average Bonchev–Trinajstić information content (AvgIpc) is 2.25. The van der Waals surface area contributed by atoms with Gasteiger partial charge in [-0.2, -0.15) is 0 Å². The van der Waals surface area contributed by atoms with Crippen LogP contribution in [0.5, 0.6) is 17.2 Å². The molecule has 1 rings (SSSR count). The zero-order valence-electron chi connectivity index (χ0n) is 9.80. The maximum Gasteiger partial charge on any atom is 0.342 e. The van der Waals surface area contributed by atoms with Crippen molar-refractivity contribution in [3.05, 3.63) is 17.7 Å². The molecule has 94 valence electrons. The molecule has 1 aromatic carbocycles. The summed E-state index contributed by atoms with van der Waals surface area (Å²) >= 11 is 0. The Kier molecular flexibility index (Phi) is 4.20. The highest BCUT2D eigenvalue weighted by molar-refractivity contribution is 5.93. The molecule has 0 heterocycles. The quantitative estimate of drug-likeness (QED) is 0.553. The first kappa shape index (κ1) is 13.2. The van der Waals surface area contributed by atoms with E-state index in [0.717, 1.165) is 12.5 Å². The van der Waals surface area contributed by atoms with Crippen molar-refractivity contribution < 1.29 is 24.9 Å². The van der Waals surface area contributed by atoms with Gasteiger partial charge in [-0.15, -0.1) is 0 Å². The van der Waals surface area contributed by atoms with E-state index in [9.17, 15) is 15.0 Å². The van der Waals surface area contributed by atoms with E-state index in [1.807, 2.05) is 13.8 Å². The second-order valence-corrected chi connectivity index (χ2v) is 4.15. The predicted octanol–water partition coefficient (Wildman–Crippen LogP) is 2.01. The van der Waals surface area contributed by atoms with Crippen LogP contribution in [0.4, 0.5) is 0 Å². The molecule has 0 saturated carbocycles. The maximum absolute atomic E-state index is 11.5. The molecule has 0 aromatic heterocycles. The van der Waals surface area contributed by atoms with Gasteiger partial charge in [-0.25, -0.2) is 4.79 Å². The molecule has 5 heteroatoms. The number of carbonyl (C=O) groups excluding carboxylic acids is 1. The molecule has 0 radical (unpaired) electrons. The first-order valence-electron chi connectivity index (χ1n) is 5.34. The second-order valence-electron chi connectivity index (χ2n) is 4.15. The van der Waals surface area contributed by atoms with E-state index in [0.29, 0.717) is 5.92 Å². The summed E-state index contributed by atoms with van der Waals surface area (Å²) in [5, 5.41) is 27.8. The van der Waals surface area contributed by atoms with Crippen LogP contribution < -0.4 is 0 Å². The smallest absolute Gasteiger partial charge is 0.342 e. The molecular weight excluding hydrogens is 224 g/mol. The Morgan fingerprint density at radius 1 is 1.24 bits per heavy atom. The number of aromatic hydroxyl groups is 3. The number of hydrogen-bond donors (Lipinski definition) is 3. The van der Waals surface area contributed by atoms with Crippen molar-refractivity contribution >= 4 is 5.97 Å². The molecule has 0 saturated heterocycles.